The monoisotopic (exact) mass is 265 g/mol. The second-order valence-electron chi connectivity index (χ2n) is 5.27. The van der Waals surface area contributed by atoms with Gasteiger partial charge in [-0.25, -0.2) is 0 Å². The van der Waals surface area contributed by atoms with Crippen LogP contribution < -0.4 is 5.73 Å². The number of rotatable bonds is 5. The molecule has 0 aromatic heterocycles. The Bertz CT molecular complexity index is 272. The molecule has 18 heavy (non-hydrogen) atoms. The zero-order valence-electron chi connectivity index (χ0n) is 10.8. The van der Waals surface area contributed by atoms with Gasteiger partial charge in [0, 0.05) is 13.1 Å². The lowest BCUT2D eigenvalue weighted by molar-refractivity contribution is -0.159. The van der Waals surface area contributed by atoms with Crippen molar-refractivity contribution in [3.63, 3.8) is 0 Å². The molecule has 106 valence electrons. The number of hydrogen-bond donors (Lipinski definition) is 2. The predicted molar refractivity (Wildman–Crippen MR) is 65.5 cm³/mol. The highest BCUT2D eigenvalue weighted by molar-refractivity contribution is 5.80. The first-order chi connectivity index (χ1) is 8.30. The summed E-state index contributed by atoms with van der Waals surface area (Å²) in [5.41, 5.74) is 5.04. The van der Waals surface area contributed by atoms with Crippen LogP contribution in [0.5, 0.6) is 0 Å². The predicted octanol–water partition coefficient (Wildman–Crippen LogP) is 2.61. The lowest BCUT2D eigenvalue weighted by Gasteiger charge is -2.30. The Morgan fingerprint density at radius 2 is 1.89 bits per heavy atom. The standard InChI is InChI=1S/C12H22F3N3/c1-18(7-9-5-3-2-4-6-9)8-10(11(16)17)12(13,14)15/h9-10H,2-8H2,1H3,(H3,16,17). The van der Waals surface area contributed by atoms with Crippen molar-refractivity contribution >= 4 is 5.84 Å². The molecule has 0 heterocycles. The van der Waals surface area contributed by atoms with Crippen LogP contribution in [0, 0.1) is 17.2 Å². The van der Waals surface area contributed by atoms with Crippen LogP contribution in [0.25, 0.3) is 0 Å². The number of nitrogens with zero attached hydrogens (tertiary/aromatic N) is 1. The molecule has 6 heteroatoms. The molecule has 0 spiro atoms. The number of alkyl halides is 3. The van der Waals surface area contributed by atoms with Gasteiger partial charge in [-0.3, -0.25) is 5.41 Å². The van der Waals surface area contributed by atoms with Crippen molar-refractivity contribution < 1.29 is 13.2 Å². The minimum atomic E-state index is -4.42. The summed E-state index contributed by atoms with van der Waals surface area (Å²) in [7, 11) is 1.68. The zero-order chi connectivity index (χ0) is 13.8. The Kier molecular flexibility index (Phi) is 5.44. The molecule has 3 N–H and O–H groups in total. The van der Waals surface area contributed by atoms with Crippen LogP contribution in [0.1, 0.15) is 32.1 Å². The van der Waals surface area contributed by atoms with E-state index in [0.29, 0.717) is 12.5 Å². The minimum Gasteiger partial charge on any atom is -0.387 e. The number of halogens is 3. The van der Waals surface area contributed by atoms with Gasteiger partial charge in [-0.2, -0.15) is 13.2 Å². The molecule has 1 aliphatic rings. The molecule has 1 aliphatic carbocycles. The van der Waals surface area contributed by atoms with Crippen molar-refractivity contribution in [3.8, 4) is 0 Å². The van der Waals surface area contributed by atoms with E-state index in [9.17, 15) is 13.2 Å². The second-order valence-corrected chi connectivity index (χ2v) is 5.27. The molecule has 1 fully saturated rings. The summed E-state index contributed by atoms with van der Waals surface area (Å²) in [6.07, 6.45) is 1.36. The third-order valence-electron chi connectivity index (χ3n) is 3.56. The van der Waals surface area contributed by atoms with Gasteiger partial charge in [0.1, 0.15) is 11.8 Å². The fourth-order valence-electron chi connectivity index (χ4n) is 2.57. The zero-order valence-corrected chi connectivity index (χ0v) is 10.8. The highest BCUT2D eigenvalue weighted by Gasteiger charge is 2.42. The van der Waals surface area contributed by atoms with Crippen molar-refractivity contribution in [2.45, 2.75) is 38.3 Å². The molecule has 0 saturated heterocycles. The Labute approximate surface area is 106 Å². The Morgan fingerprint density at radius 3 is 2.33 bits per heavy atom. The van der Waals surface area contributed by atoms with Crippen LogP contribution in [-0.2, 0) is 0 Å². The van der Waals surface area contributed by atoms with E-state index in [2.05, 4.69) is 0 Å². The van der Waals surface area contributed by atoms with Gasteiger partial charge >= 0.3 is 6.18 Å². The van der Waals surface area contributed by atoms with Gasteiger partial charge in [-0.15, -0.1) is 0 Å². The first-order valence-corrected chi connectivity index (χ1v) is 6.40. The van der Waals surface area contributed by atoms with Gasteiger partial charge in [-0.05, 0) is 25.8 Å². The smallest absolute Gasteiger partial charge is 0.387 e. The largest absolute Gasteiger partial charge is 0.399 e. The third-order valence-corrected chi connectivity index (χ3v) is 3.56. The fourth-order valence-corrected chi connectivity index (χ4v) is 2.57. The molecular weight excluding hydrogens is 243 g/mol. The highest BCUT2D eigenvalue weighted by atomic mass is 19.4. The first kappa shape index (κ1) is 15.3. The van der Waals surface area contributed by atoms with E-state index in [1.54, 1.807) is 11.9 Å². The number of nitrogens with two attached hydrogens (primary N) is 1. The van der Waals surface area contributed by atoms with Gasteiger partial charge in [0.05, 0.1) is 0 Å². The lowest BCUT2D eigenvalue weighted by atomic mass is 9.89. The fraction of sp³-hybridized carbons (Fsp3) is 0.917. The average molecular weight is 265 g/mol. The summed E-state index contributed by atoms with van der Waals surface area (Å²) in [5.74, 6) is -2.14. The van der Waals surface area contributed by atoms with E-state index in [-0.39, 0.29) is 6.54 Å². The number of hydrogen-bond acceptors (Lipinski definition) is 2. The third kappa shape index (κ3) is 4.84. The van der Waals surface area contributed by atoms with E-state index < -0.39 is 17.9 Å². The molecule has 0 radical (unpaired) electrons. The van der Waals surface area contributed by atoms with E-state index in [1.165, 1.54) is 19.3 Å². The highest BCUT2D eigenvalue weighted by Crippen LogP contribution is 2.28. The van der Waals surface area contributed by atoms with Crippen molar-refractivity contribution in [1.82, 2.24) is 4.90 Å². The van der Waals surface area contributed by atoms with Crippen LogP contribution >= 0.6 is 0 Å². The Hall–Kier alpha value is -0.780. The van der Waals surface area contributed by atoms with Crippen LogP contribution in [0.15, 0.2) is 0 Å². The lowest BCUT2D eigenvalue weighted by Crippen LogP contribution is -2.44. The van der Waals surface area contributed by atoms with Crippen LogP contribution in [0.3, 0.4) is 0 Å². The average Bonchev–Trinajstić information content (AvgIpc) is 2.25. The van der Waals surface area contributed by atoms with Crippen molar-refractivity contribution in [2.75, 3.05) is 20.1 Å². The normalized spacial score (nSPS) is 20.1. The number of amidine groups is 1. The molecule has 0 aromatic rings. The summed E-state index contributed by atoms with van der Waals surface area (Å²) in [4.78, 5) is 1.66. The molecule has 0 aromatic carbocycles. The summed E-state index contributed by atoms with van der Waals surface area (Å²) >= 11 is 0. The van der Waals surface area contributed by atoms with Gasteiger partial charge in [0.15, 0.2) is 0 Å². The Morgan fingerprint density at radius 1 is 1.33 bits per heavy atom. The quantitative estimate of drug-likeness (QED) is 0.593. The van der Waals surface area contributed by atoms with Crippen molar-refractivity contribution in [3.05, 3.63) is 0 Å². The molecular formula is C12H22F3N3. The molecule has 1 atom stereocenters. The maximum absolute atomic E-state index is 12.7. The SMILES string of the molecule is CN(CC1CCCCC1)CC(C(=N)N)C(F)(F)F. The molecule has 1 unspecified atom stereocenters. The van der Waals surface area contributed by atoms with Crippen molar-refractivity contribution in [2.24, 2.45) is 17.6 Å². The maximum atomic E-state index is 12.7. The van der Waals surface area contributed by atoms with Gasteiger partial charge in [0.2, 0.25) is 0 Å². The topological polar surface area (TPSA) is 53.1 Å². The van der Waals surface area contributed by atoms with Crippen LogP contribution in [0.2, 0.25) is 0 Å². The summed E-state index contributed by atoms with van der Waals surface area (Å²) < 4.78 is 38.0. The summed E-state index contributed by atoms with van der Waals surface area (Å²) in [5, 5.41) is 7.05. The molecule has 0 amide bonds. The van der Waals surface area contributed by atoms with E-state index in [0.717, 1.165) is 12.8 Å². The Balaban J connectivity index is 2.45. The first-order valence-electron chi connectivity index (χ1n) is 6.40. The van der Waals surface area contributed by atoms with E-state index in [4.69, 9.17) is 11.1 Å². The summed E-state index contributed by atoms with van der Waals surface area (Å²) in [6, 6.07) is 0. The van der Waals surface area contributed by atoms with E-state index in [1.807, 2.05) is 0 Å². The van der Waals surface area contributed by atoms with Crippen LogP contribution in [-0.4, -0.2) is 37.0 Å². The van der Waals surface area contributed by atoms with Crippen molar-refractivity contribution in [1.29, 1.82) is 5.41 Å². The second kappa shape index (κ2) is 6.41. The molecule has 0 aliphatic heterocycles. The van der Waals surface area contributed by atoms with Gasteiger partial charge < -0.3 is 10.6 Å². The van der Waals surface area contributed by atoms with E-state index >= 15 is 0 Å². The van der Waals surface area contributed by atoms with Gasteiger partial charge in [0.25, 0.3) is 0 Å². The molecule has 1 rings (SSSR count). The minimum absolute atomic E-state index is 0.213. The molecule has 0 bridgehead atoms. The number of nitrogens with one attached hydrogen (secondary N) is 1. The summed E-state index contributed by atoms with van der Waals surface area (Å²) in [6.45, 7) is 0.454. The maximum Gasteiger partial charge on any atom is 0.399 e. The van der Waals surface area contributed by atoms with Crippen LogP contribution in [0.4, 0.5) is 13.2 Å². The molecule has 3 nitrogen and oxygen atoms in total. The molecule has 1 saturated carbocycles. The van der Waals surface area contributed by atoms with Gasteiger partial charge in [-0.1, -0.05) is 19.3 Å².